The minimum Gasteiger partial charge on any atom is -0.490 e. The average molecular weight is 377 g/mol. The molecule has 4 heteroatoms. The van der Waals surface area contributed by atoms with Crippen molar-refractivity contribution in [3.05, 3.63) is 64.7 Å². The van der Waals surface area contributed by atoms with Crippen molar-refractivity contribution in [1.29, 1.82) is 5.26 Å². The Morgan fingerprint density at radius 3 is 2.85 bits per heavy atom. The standard InChI is InChI=1S/C23H24N2OS/c1-5-16-8-7-9-20(16)19(6-2)22-14-25-23(27-22)17-10-11-21(26-15(3)4)18(12-17)13-24/h5-6,10-12,14-15H,1,7-9H2,2-4H3/b19-6+. The fraction of sp³-hybridized carbons (Fsp3) is 0.304. The van der Waals surface area contributed by atoms with E-state index in [1.165, 1.54) is 23.1 Å². The zero-order valence-electron chi connectivity index (χ0n) is 16.1. The molecule has 0 atom stereocenters. The van der Waals surface area contributed by atoms with Crippen molar-refractivity contribution >= 4 is 16.9 Å². The molecule has 0 radical (unpaired) electrons. The maximum Gasteiger partial charge on any atom is 0.137 e. The van der Waals surface area contributed by atoms with Crippen LogP contribution in [0.15, 0.2) is 54.3 Å². The van der Waals surface area contributed by atoms with Gasteiger partial charge in [0.1, 0.15) is 16.8 Å². The van der Waals surface area contributed by atoms with E-state index >= 15 is 0 Å². The van der Waals surface area contributed by atoms with Crippen molar-refractivity contribution in [2.75, 3.05) is 0 Å². The average Bonchev–Trinajstić information content (AvgIpc) is 3.32. The quantitative estimate of drug-likeness (QED) is 0.575. The van der Waals surface area contributed by atoms with Crippen molar-refractivity contribution in [3.8, 4) is 22.4 Å². The molecular weight excluding hydrogens is 352 g/mol. The van der Waals surface area contributed by atoms with Crippen LogP contribution in [0.4, 0.5) is 0 Å². The number of benzene rings is 1. The van der Waals surface area contributed by atoms with Gasteiger partial charge in [-0.2, -0.15) is 5.26 Å². The first-order valence-corrected chi connectivity index (χ1v) is 10.1. The number of ether oxygens (including phenoxy) is 1. The monoisotopic (exact) mass is 376 g/mol. The molecule has 3 nitrogen and oxygen atoms in total. The van der Waals surface area contributed by atoms with E-state index in [0.29, 0.717) is 11.3 Å². The Hall–Kier alpha value is -2.64. The van der Waals surface area contributed by atoms with Crippen LogP contribution in [0.25, 0.3) is 16.1 Å². The highest BCUT2D eigenvalue weighted by atomic mass is 32.1. The summed E-state index contributed by atoms with van der Waals surface area (Å²) in [6.45, 7) is 9.95. The molecule has 1 aliphatic rings. The molecule has 3 rings (SSSR count). The van der Waals surface area contributed by atoms with Crippen LogP contribution in [-0.4, -0.2) is 11.1 Å². The van der Waals surface area contributed by atoms with E-state index < -0.39 is 0 Å². The van der Waals surface area contributed by atoms with E-state index in [-0.39, 0.29) is 6.10 Å². The van der Waals surface area contributed by atoms with Crippen LogP contribution in [-0.2, 0) is 0 Å². The third-order valence-corrected chi connectivity index (χ3v) is 5.68. The molecule has 0 saturated heterocycles. The van der Waals surface area contributed by atoms with Crippen LogP contribution in [0.3, 0.4) is 0 Å². The minimum atomic E-state index is 0.0328. The fourth-order valence-corrected chi connectivity index (χ4v) is 4.42. The number of rotatable bonds is 6. The van der Waals surface area contributed by atoms with Gasteiger partial charge in [-0.15, -0.1) is 11.3 Å². The Labute approximate surface area is 165 Å². The van der Waals surface area contributed by atoms with Gasteiger partial charge in [0, 0.05) is 11.8 Å². The molecule has 27 heavy (non-hydrogen) atoms. The number of nitriles is 1. The molecule has 0 spiro atoms. The summed E-state index contributed by atoms with van der Waals surface area (Å²) in [4.78, 5) is 5.78. The van der Waals surface area contributed by atoms with Gasteiger partial charge in [-0.1, -0.05) is 18.7 Å². The summed E-state index contributed by atoms with van der Waals surface area (Å²) in [5, 5.41) is 10.4. The van der Waals surface area contributed by atoms with E-state index in [0.717, 1.165) is 28.3 Å². The number of thiazole rings is 1. The van der Waals surface area contributed by atoms with Gasteiger partial charge in [0.2, 0.25) is 0 Å². The lowest BCUT2D eigenvalue weighted by atomic mass is 10.0. The number of nitrogens with zero attached hydrogens (tertiary/aromatic N) is 2. The summed E-state index contributed by atoms with van der Waals surface area (Å²) in [5.74, 6) is 0.619. The predicted octanol–water partition coefficient (Wildman–Crippen LogP) is 6.54. The molecule has 1 aromatic heterocycles. The van der Waals surface area contributed by atoms with Gasteiger partial charge in [0.25, 0.3) is 0 Å². The van der Waals surface area contributed by atoms with Crippen molar-refractivity contribution in [2.24, 2.45) is 0 Å². The third-order valence-electron chi connectivity index (χ3n) is 4.60. The van der Waals surface area contributed by atoms with Gasteiger partial charge < -0.3 is 4.74 Å². The summed E-state index contributed by atoms with van der Waals surface area (Å²) in [6.07, 6.45) is 9.50. The van der Waals surface area contributed by atoms with E-state index in [1.54, 1.807) is 11.3 Å². The highest BCUT2D eigenvalue weighted by Gasteiger charge is 2.19. The summed E-state index contributed by atoms with van der Waals surface area (Å²) in [5.41, 5.74) is 5.47. The first-order valence-electron chi connectivity index (χ1n) is 9.25. The molecule has 0 aliphatic heterocycles. The molecular formula is C23H24N2OS. The topological polar surface area (TPSA) is 45.9 Å². The van der Waals surface area contributed by atoms with E-state index in [1.807, 2.05) is 44.3 Å². The normalized spacial score (nSPS) is 14.6. The fourth-order valence-electron chi connectivity index (χ4n) is 3.40. The summed E-state index contributed by atoms with van der Waals surface area (Å²) in [7, 11) is 0. The maximum absolute atomic E-state index is 9.46. The van der Waals surface area contributed by atoms with Crippen molar-refractivity contribution in [1.82, 2.24) is 4.98 Å². The number of aromatic nitrogens is 1. The zero-order chi connectivity index (χ0) is 19.4. The lowest BCUT2D eigenvalue weighted by molar-refractivity contribution is 0.242. The smallest absolute Gasteiger partial charge is 0.137 e. The molecule has 1 aromatic carbocycles. The zero-order valence-corrected chi connectivity index (χ0v) is 16.9. The Balaban J connectivity index is 1.94. The lowest BCUT2D eigenvalue weighted by Crippen LogP contribution is -2.06. The minimum absolute atomic E-state index is 0.0328. The summed E-state index contributed by atoms with van der Waals surface area (Å²) in [6, 6.07) is 7.93. The predicted molar refractivity (Wildman–Crippen MR) is 113 cm³/mol. The first kappa shape index (κ1) is 19.1. The number of hydrogen-bond acceptors (Lipinski definition) is 4. The second-order valence-corrected chi connectivity index (χ2v) is 7.81. The van der Waals surface area contributed by atoms with Crippen LogP contribution in [0.2, 0.25) is 0 Å². The summed E-state index contributed by atoms with van der Waals surface area (Å²) < 4.78 is 5.72. The van der Waals surface area contributed by atoms with Crippen LogP contribution in [0, 0.1) is 11.3 Å². The Bertz CT molecular complexity index is 957. The molecule has 1 aliphatic carbocycles. The van der Waals surface area contributed by atoms with E-state index in [4.69, 9.17) is 4.74 Å². The molecule has 0 saturated carbocycles. The Morgan fingerprint density at radius 1 is 1.37 bits per heavy atom. The third kappa shape index (κ3) is 4.04. The van der Waals surface area contributed by atoms with Crippen molar-refractivity contribution in [2.45, 2.75) is 46.1 Å². The SMILES string of the molecule is C=CC1=C(/C(=C\C)c2cnc(-c3ccc(OC(C)C)c(C#N)c3)s2)CCC1. The summed E-state index contributed by atoms with van der Waals surface area (Å²) >= 11 is 1.66. The van der Waals surface area contributed by atoms with Crippen LogP contribution < -0.4 is 4.74 Å². The lowest BCUT2D eigenvalue weighted by Gasteiger charge is -2.11. The van der Waals surface area contributed by atoms with Crippen molar-refractivity contribution < 1.29 is 4.74 Å². The number of hydrogen-bond donors (Lipinski definition) is 0. The molecule has 2 aromatic rings. The van der Waals surface area contributed by atoms with Crippen LogP contribution in [0.5, 0.6) is 5.75 Å². The molecule has 1 heterocycles. The second-order valence-electron chi connectivity index (χ2n) is 6.78. The van der Waals surface area contributed by atoms with Gasteiger partial charge in [0.15, 0.2) is 0 Å². The van der Waals surface area contributed by atoms with Crippen molar-refractivity contribution in [3.63, 3.8) is 0 Å². The molecule has 0 amide bonds. The second kappa shape index (κ2) is 8.37. The van der Waals surface area contributed by atoms with Crippen LogP contribution in [0.1, 0.15) is 50.5 Å². The molecule has 0 unspecified atom stereocenters. The molecule has 0 bridgehead atoms. The van der Waals surface area contributed by atoms with Crippen LogP contribution >= 0.6 is 11.3 Å². The van der Waals surface area contributed by atoms with Gasteiger partial charge in [-0.05, 0) is 75.0 Å². The Kier molecular flexibility index (Phi) is 5.93. The largest absolute Gasteiger partial charge is 0.490 e. The highest BCUT2D eigenvalue weighted by Crippen LogP contribution is 2.40. The molecule has 138 valence electrons. The molecule has 0 fully saturated rings. The Morgan fingerprint density at radius 2 is 2.19 bits per heavy atom. The first-order chi connectivity index (χ1) is 13.1. The van der Waals surface area contributed by atoms with Gasteiger partial charge in [-0.3, -0.25) is 0 Å². The van der Waals surface area contributed by atoms with Gasteiger partial charge in [0.05, 0.1) is 16.5 Å². The van der Waals surface area contributed by atoms with E-state index in [2.05, 4.69) is 30.6 Å². The maximum atomic E-state index is 9.46. The van der Waals surface area contributed by atoms with E-state index in [9.17, 15) is 5.26 Å². The number of allylic oxidation sites excluding steroid dienone is 5. The van der Waals surface area contributed by atoms with Gasteiger partial charge in [-0.25, -0.2) is 4.98 Å². The van der Waals surface area contributed by atoms with Gasteiger partial charge >= 0.3 is 0 Å². The molecule has 0 N–H and O–H groups in total. The highest BCUT2D eigenvalue weighted by molar-refractivity contribution is 7.16.